The molecule has 0 bridgehead atoms. The van der Waals surface area contributed by atoms with Gasteiger partial charge in [0, 0.05) is 21.7 Å². The molecule has 4 aliphatic carbocycles. The molecule has 101 heavy (non-hydrogen) atoms. The maximum absolute atomic E-state index is 2.76. The van der Waals surface area contributed by atoms with Crippen molar-refractivity contribution >= 4 is 0 Å². The molecule has 0 fully saturated rings. The van der Waals surface area contributed by atoms with Crippen molar-refractivity contribution in [3.8, 4) is 77.9 Å². The van der Waals surface area contributed by atoms with E-state index in [9.17, 15) is 0 Å². The highest BCUT2D eigenvalue weighted by molar-refractivity contribution is 5.91. The fourth-order valence-electron chi connectivity index (χ4n) is 20.6. The second kappa shape index (κ2) is 35.0. The number of unbranched alkanes of at least 4 members (excludes halogenated alkanes) is 24. The van der Waals surface area contributed by atoms with Gasteiger partial charge in [0.05, 0.1) is 0 Å². The van der Waals surface area contributed by atoms with E-state index >= 15 is 0 Å². The number of hydrogen-bond acceptors (Lipinski definition) is 0. The predicted octanol–water partition coefficient (Wildman–Crippen LogP) is 31.8. The van der Waals surface area contributed by atoms with Gasteiger partial charge in [-0.3, -0.25) is 0 Å². The fraction of sp³-hybridized carbons (Fsp3) is 0.525. The molecule has 0 saturated carbocycles. The molecular weight excluding hydrogens is 1210 g/mol. The molecule has 0 spiro atoms. The fourth-order valence-corrected chi connectivity index (χ4v) is 20.6. The summed E-state index contributed by atoms with van der Waals surface area (Å²) in [6, 6.07) is 64.2. The molecular formula is C101H132. The zero-order chi connectivity index (χ0) is 70.2. The third-order valence-corrected chi connectivity index (χ3v) is 26.2. The summed E-state index contributed by atoms with van der Waals surface area (Å²) in [5.41, 5.74) is 34.6. The molecule has 0 N–H and O–H groups in total. The molecule has 0 aromatic heterocycles. The maximum Gasteiger partial charge on any atom is 0.0215 e. The second-order valence-electron chi connectivity index (χ2n) is 33.0. The lowest BCUT2D eigenvalue weighted by atomic mass is 9.69. The second-order valence-corrected chi connectivity index (χ2v) is 33.0. The van der Waals surface area contributed by atoms with Gasteiger partial charge in [-0.05, 0) is 217 Å². The van der Waals surface area contributed by atoms with Crippen molar-refractivity contribution in [1.82, 2.24) is 0 Å². The highest BCUT2D eigenvalue weighted by Crippen LogP contribution is 2.61. The zero-order valence-electron chi connectivity index (χ0n) is 65.2. The van der Waals surface area contributed by atoms with Crippen molar-refractivity contribution in [2.24, 2.45) is 0 Å². The first-order valence-corrected chi connectivity index (χ1v) is 42.7. The molecule has 0 aliphatic heterocycles. The average Bonchev–Trinajstić information content (AvgIpc) is 1.58. The molecule has 0 atom stereocenters. The molecule has 8 aromatic rings. The molecule has 4 aliphatic rings. The molecule has 0 nitrogen and oxygen atoms in total. The van der Waals surface area contributed by atoms with Crippen LogP contribution in [-0.4, -0.2) is 0 Å². The van der Waals surface area contributed by atoms with E-state index in [0.717, 1.165) is 0 Å². The third-order valence-electron chi connectivity index (χ3n) is 26.2. The summed E-state index contributed by atoms with van der Waals surface area (Å²) in [5, 5.41) is 0. The van der Waals surface area contributed by atoms with E-state index in [1.807, 2.05) is 0 Å². The quantitative estimate of drug-likeness (QED) is 0.0334. The van der Waals surface area contributed by atoms with Crippen LogP contribution in [0, 0.1) is 6.92 Å². The van der Waals surface area contributed by atoms with Gasteiger partial charge in [-0.25, -0.2) is 0 Å². The maximum atomic E-state index is 2.76. The average molecular weight is 1350 g/mol. The molecule has 0 saturated heterocycles. The number of hydrogen-bond donors (Lipinski definition) is 0. The van der Waals surface area contributed by atoms with Crippen molar-refractivity contribution in [3.63, 3.8) is 0 Å². The minimum absolute atomic E-state index is 0.0534. The summed E-state index contributed by atoms with van der Waals surface area (Å²) in [5.74, 6) is 0. The van der Waals surface area contributed by atoms with Crippen molar-refractivity contribution in [2.75, 3.05) is 0 Å². The van der Waals surface area contributed by atoms with Crippen LogP contribution >= 0.6 is 0 Å². The molecule has 0 unspecified atom stereocenters. The summed E-state index contributed by atoms with van der Waals surface area (Å²) in [6.45, 7) is 21.4. The van der Waals surface area contributed by atoms with Crippen LogP contribution in [0.2, 0.25) is 0 Å². The van der Waals surface area contributed by atoms with Gasteiger partial charge >= 0.3 is 0 Å². The van der Waals surface area contributed by atoms with Gasteiger partial charge in [0.2, 0.25) is 0 Å². The summed E-state index contributed by atoms with van der Waals surface area (Å²) < 4.78 is 0. The van der Waals surface area contributed by atoms with Crippen LogP contribution < -0.4 is 0 Å². The highest BCUT2D eigenvalue weighted by Gasteiger charge is 2.47. The van der Waals surface area contributed by atoms with Crippen LogP contribution in [-0.2, 0) is 21.7 Å². The summed E-state index contributed by atoms with van der Waals surface area (Å²) >= 11 is 0. The SMILES string of the molecule is CCCCCCC1(CCCCCC)c2ccccc2-c2ccc(-c3ccc4c(c3)C(CCCCCC)(CCCCCC)c3cc(-c5ccc6c(c5)C(CCCCCC)(CCCCCC)c5cc(-c7ccc8c(c7)C(CCCCCC)(CCCCCC)c7cc(C)ccc7-8)ccc5-6)ccc3-4)cc21. The molecule has 0 radical (unpaired) electrons. The minimum atomic E-state index is -0.0548. The lowest BCUT2D eigenvalue weighted by Gasteiger charge is -2.34. The minimum Gasteiger partial charge on any atom is -0.0654 e. The van der Waals surface area contributed by atoms with E-state index in [-0.39, 0.29) is 21.7 Å². The van der Waals surface area contributed by atoms with Gasteiger partial charge in [0.25, 0.3) is 0 Å². The van der Waals surface area contributed by atoms with Crippen LogP contribution in [0.5, 0.6) is 0 Å². The third kappa shape index (κ3) is 15.2. The van der Waals surface area contributed by atoms with E-state index in [4.69, 9.17) is 0 Å². The lowest BCUT2D eigenvalue weighted by Crippen LogP contribution is -2.26. The van der Waals surface area contributed by atoms with Gasteiger partial charge in [-0.2, -0.15) is 0 Å². The van der Waals surface area contributed by atoms with Crippen molar-refractivity contribution in [1.29, 1.82) is 0 Å². The zero-order valence-corrected chi connectivity index (χ0v) is 65.2. The Morgan fingerprint density at radius 1 is 0.178 bits per heavy atom. The van der Waals surface area contributed by atoms with Crippen molar-refractivity contribution in [2.45, 2.75) is 341 Å². The number of aryl methyl sites for hydroxylation is 1. The summed E-state index contributed by atoms with van der Waals surface area (Å²) in [6.07, 6.45) is 51.2. The number of fused-ring (bicyclic) bond motifs is 12. The number of benzene rings is 8. The van der Waals surface area contributed by atoms with Crippen molar-refractivity contribution in [3.05, 3.63) is 202 Å². The highest BCUT2D eigenvalue weighted by atomic mass is 14.5. The Balaban J connectivity index is 0.961. The Morgan fingerprint density at radius 3 is 0.594 bits per heavy atom. The topological polar surface area (TPSA) is 0 Å². The Morgan fingerprint density at radius 2 is 0.366 bits per heavy atom. The molecule has 0 heterocycles. The van der Waals surface area contributed by atoms with E-state index in [2.05, 4.69) is 214 Å². The van der Waals surface area contributed by atoms with Crippen LogP contribution in [0.25, 0.3) is 77.9 Å². The van der Waals surface area contributed by atoms with Crippen molar-refractivity contribution < 1.29 is 0 Å². The molecule has 0 amide bonds. The van der Waals surface area contributed by atoms with Crippen LogP contribution in [0.15, 0.2) is 152 Å². The van der Waals surface area contributed by atoms with Gasteiger partial charge in [0.15, 0.2) is 0 Å². The smallest absolute Gasteiger partial charge is 0.0215 e. The largest absolute Gasteiger partial charge is 0.0654 e. The van der Waals surface area contributed by atoms with E-state index in [1.165, 1.54) is 340 Å². The first-order valence-electron chi connectivity index (χ1n) is 42.7. The Labute approximate surface area is 616 Å². The van der Waals surface area contributed by atoms with E-state index < -0.39 is 0 Å². The van der Waals surface area contributed by atoms with E-state index in [1.54, 1.807) is 44.5 Å². The Bertz CT molecular complexity index is 3960. The van der Waals surface area contributed by atoms with Crippen LogP contribution in [0.3, 0.4) is 0 Å². The Kier molecular flexibility index (Phi) is 25.8. The predicted molar refractivity (Wildman–Crippen MR) is 442 cm³/mol. The molecule has 8 aromatic carbocycles. The monoisotopic (exact) mass is 1350 g/mol. The van der Waals surface area contributed by atoms with Gasteiger partial charge in [-0.1, -0.05) is 382 Å². The normalized spacial score (nSPS) is 14.9. The number of rotatable bonds is 43. The van der Waals surface area contributed by atoms with E-state index in [0.29, 0.717) is 0 Å². The van der Waals surface area contributed by atoms with Crippen LogP contribution in [0.4, 0.5) is 0 Å². The molecule has 536 valence electrons. The molecule has 12 rings (SSSR count). The first-order chi connectivity index (χ1) is 49.6. The van der Waals surface area contributed by atoms with Gasteiger partial charge < -0.3 is 0 Å². The summed E-state index contributed by atoms with van der Waals surface area (Å²) in [7, 11) is 0. The Hall–Kier alpha value is -6.24. The summed E-state index contributed by atoms with van der Waals surface area (Å²) in [4.78, 5) is 0. The first kappa shape index (κ1) is 74.5. The van der Waals surface area contributed by atoms with Gasteiger partial charge in [0.1, 0.15) is 0 Å². The molecule has 0 heteroatoms. The standard InChI is InChI=1S/C101H132/c1-10-18-26-36-60-98(61-37-27-19-11-2)90-45-35-34-44-82(90)84-54-47-76(69-92(84)98)78-49-56-86-88-58-51-80(73-96(88)100(94(86)71-78,64-40-30-22-14-5)65-41-31-23-15-6)81-52-59-89-87-57-50-79(72-95(87)101(97(89)74-81,66-42-32-24-16-7)67-43-33-25-17-8)77-48-55-85-83-53-46-75(9)68-91(83)99(93(85)70-77,62-38-28-20-12-3)63-39-29-21-13-4/h34-35,44-59,68-74H,10-33,36-43,60-67H2,1-9H3. The van der Waals surface area contributed by atoms with Crippen LogP contribution in [0.1, 0.15) is 362 Å². The van der Waals surface area contributed by atoms with Gasteiger partial charge in [-0.15, -0.1) is 0 Å². The lowest BCUT2D eigenvalue weighted by molar-refractivity contribution is 0.400.